The summed E-state index contributed by atoms with van der Waals surface area (Å²) in [7, 11) is 3.32. The van der Waals surface area contributed by atoms with Crippen LogP contribution in [0, 0.1) is 0 Å². The molecule has 0 spiro atoms. The van der Waals surface area contributed by atoms with Gasteiger partial charge >= 0.3 is 0 Å². The molecule has 2 N–H and O–H groups in total. The quantitative estimate of drug-likeness (QED) is 0.568. The molecule has 0 radical (unpaired) electrons. The van der Waals surface area contributed by atoms with E-state index >= 15 is 0 Å². The van der Waals surface area contributed by atoms with E-state index in [1.54, 1.807) is 14.2 Å². The molecule has 1 aromatic rings. The van der Waals surface area contributed by atoms with Crippen molar-refractivity contribution in [3.63, 3.8) is 0 Å². The van der Waals surface area contributed by atoms with Crippen LogP contribution in [0.3, 0.4) is 0 Å². The summed E-state index contributed by atoms with van der Waals surface area (Å²) in [5.41, 5.74) is 1.12. The number of β-amino-alcohol motifs (C(OH)–C–C–N with tert-alkyl or cyclic N) is 1. The van der Waals surface area contributed by atoms with Crippen molar-refractivity contribution < 1.29 is 19.3 Å². The minimum Gasteiger partial charge on any atom is -0.493 e. The third-order valence-electron chi connectivity index (χ3n) is 4.04. The van der Waals surface area contributed by atoms with E-state index in [0.29, 0.717) is 24.7 Å². The van der Waals surface area contributed by atoms with Gasteiger partial charge in [0.15, 0.2) is 11.5 Å². The molecule has 6 nitrogen and oxygen atoms in total. The van der Waals surface area contributed by atoms with Gasteiger partial charge in [-0.1, -0.05) is 6.07 Å². The lowest BCUT2D eigenvalue weighted by Gasteiger charge is -2.28. The van der Waals surface area contributed by atoms with Gasteiger partial charge in [0.05, 0.1) is 13.7 Å². The Morgan fingerprint density at radius 2 is 2.04 bits per heavy atom. The Morgan fingerprint density at radius 3 is 2.76 bits per heavy atom. The Labute approximate surface area is 154 Å². The molecule has 0 aromatic heterocycles. The molecule has 2 rings (SSSR count). The smallest absolute Gasteiger partial charge is 0.161 e. The standard InChI is InChI=1S/C18H30N2O4S/c1-22-8-5-19-12-15-3-4-17(18(11-15)23-2)24-14-16(21)13-20-6-9-25-10-7-20/h3-4,11,16,19,21H,5-10,12-14H2,1-2H3/t16-/m0/s1. The monoisotopic (exact) mass is 370 g/mol. The number of thioether (sulfide) groups is 1. The molecule has 0 unspecified atom stereocenters. The van der Waals surface area contributed by atoms with E-state index in [-0.39, 0.29) is 6.61 Å². The van der Waals surface area contributed by atoms with E-state index in [4.69, 9.17) is 14.2 Å². The zero-order chi connectivity index (χ0) is 17.9. The highest BCUT2D eigenvalue weighted by molar-refractivity contribution is 7.99. The largest absolute Gasteiger partial charge is 0.493 e. The van der Waals surface area contributed by atoms with Crippen LogP contribution < -0.4 is 14.8 Å². The summed E-state index contributed by atoms with van der Waals surface area (Å²) >= 11 is 1.97. The summed E-state index contributed by atoms with van der Waals surface area (Å²) in [6, 6.07) is 5.87. The highest BCUT2D eigenvalue weighted by atomic mass is 32.2. The number of rotatable bonds is 11. The van der Waals surface area contributed by atoms with E-state index in [1.165, 1.54) is 0 Å². The van der Waals surface area contributed by atoms with Gasteiger partial charge in [0.25, 0.3) is 0 Å². The van der Waals surface area contributed by atoms with Crippen LogP contribution in [0.25, 0.3) is 0 Å². The second-order valence-electron chi connectivity index (χ2n) is 6.03. The normalized spacial score (nSPS) is 16.6. The highest BCUT2D eigenvalue weighted by Gasteiger charge is 2.16. The molecule has 0 saturated carbocycles. The molecule has 0 aliphatic carbocycles. The number of nitrogens with one attached hydrogen (secondary N) is 1. The first-order chi connectivity index (χ1) is 12.2. The van der Waals surface area contributed by atoms with Gasteiger partial charge in [-0.3, -0.25) is 4.90 Å². The molecule has 0 amide bonds. The average molecular weight is 371 g/mol. The summed E-state index contributed by atoms with van der Waals surface area (Å²) in [6.07, 6.45) is -0.497. The highest BCUT2D eigenvalue weighted by Crippen LogP contribution is 2.28. The van der Waals surface area contributed by atoms with Gasteiger partial charge in [0.2, 0.25) is 0 Å². The van der Waals surface area contributed by atoms with Crippen LogP contribution in [0.1, 0.15) is 5.56 Å². The number of aliphatic hydroxyl groups excluding tert-OH is 1. The number of ether oxygens (including phenoxy) is 3. The molecular weight excluding hydrogens is 340 g/mol. The molecule has 1 atom stereocenters. The first kappa shape index (κ1) is 20.3. The predicted molar refractivity (Wildman–Crippen MR) is 102 cm³/mol. The fraction of sp³-hybridized carbons (Fsp3) is 0.667. The van der Waals surface area contributed by atoms with E-state index in [0.717, 1.165) is 43.2 Å². The molecule has 1 aliphatic heterocycles. The Morgan fingerprint density at radius 1 is 1.24 bits per heavy atom. The fourth-order valence-electron chi connectivity index (χ4n) is 2.67. The maximum absolute atomic E-state index is 10.2. The SMILES string of the molecule is COCCNCc1ccc(OC[C@@H](O)CN2CCSCC2)c(OC)c1. The first-order valence-electron chi connectivity index (χ1n) is 8.70. The van der Waals surface area contributed by atoms with Crippen LogP contribution >= 0.6 is 11.8 Å². The van der Waals surface area contributed by atoms with Gasteiger partial charge in [-0.25, -0.2) is 0 Å². The molecule has 7 heteroatoms. The van der Waals surface area contributed by atoms with Crippen LogP contribution in [0.5, 0.6) is 11.5 Å². The van der Waals surface area contributed by atoms with Crippen molar-refractivity contribution in [1.29, 1.82) is 0 Å². The molecule has 0 bridgehead atoms. The van der Waals surface area contributed by atoms with Crippen molar-refractivity contribution in [2.45, 2.75) is 12.6 Å². The van der Waals surface area contributed by atoms with Crippen molar-refractivity contribution in [3.8, 4) is 11.5 Å². The zero-order valence-corrected chi connectivity index (χ0v) is 16.0. The second kappa shape index (κ2) is 11.6. The van der Waals surface area contributed by atoms with E-state index in [2.05, 4.69) is 10.2 Å². The Bertz CT molecular complexity index is 498. The number of benzene rings is 1. The molecule has 1 heterocycles. The Hall–Kier alpha value is -0.990. The number of hydrogen-bond acceptors (Lipinski definition) is 7. The predicted octanol–water partition coefficient (Wildman–Crippen LogP) is 1.22. The maximum Gasteiger partial charge on any atom is 0.161 e. The van der Waals surface area contributed by atoms with Crippen LogP contribution in [0.4, 0.5) is 0 Å². The first-order valence-corrected chi connectivity index (χ1v) is 9.86. The van der Waals surface area contributed by atoms with E-state index in [9.17, 15) is 5.11 Å². The van der Waals surface area contributed by atoms with Gasteiger partial charge in [0, 0.05) is 51.3 Å². The van der Waals surface area contributed by atoms with Crippen LogP contribution in [0.15, 0.2) is 18.2 Å². The number of nitrogens with zero attached hydrogens (tertiary/aromatic N) is 1. The summed E-state index contributed by atoms with van der Waals surface area (Å²) < 4.78 is 16.2. The summed E-state index contributed by atoms with van der Waals surface area (Å²) in [5.74, 6) is 3.63. The molecule has 25 heavy (non-hydrogen) atoms. The number of hydrogen-bond donors (Lipinski definition) is 2. The minimum atomic E-state index is -0.497. The Balaban J connectivity index is 1.79. The molecular formula is C18H30N2O4S. The lowest BCUT2D eigenvalue weighted by atomic mass is 10.2. The number of aliphatic hydroxyl groups is 1. The van der Waals surface area contributed by atoms with Gasteiger partial charge < -0.3 is 24.6 Å². The third kappa shape index (κ3) is 7.42. The van der Waals surface area contributed by atoms with E-state index < -0.39 is 6.10 Å². The van der Waals surface area contributed by atoms with Crippen LogP contribution in [-0.2, 0) is 11.3 Å². The molecule has 1 aliphatic rings. The topological polar surface area (TPSA) is 63.2 Å². The van der Waals surface area contributed by atoms with Gasteiger partial charge in [-0.15, -0.1) is 0 Å². The van der Waals surface area contributed by atoms with Crippen molar-refractivity contribution >= 4 is 11.8 Å². The van der Waals surface area contributed by atoms with Gasteiger partial charge in [0.1, 0.15) is 12.7 Å². The fourth-order valence-corrected chi connectivity index (χ4v) is 3.65. The van der Waals surface area contributed by atoms with Crippen molar-refractivity contribution in [2.75, 3.05) is 65.1 Å². The lowest BCUT2D eigenvalue weighted by molar-refractivity contribution is 0.0705. The molecule has 142 valence electrons. The third-order valence-corrected chi connectivity index (χ3v) is 4.99. The van der Waals surface area contributed by atoms with E-state index in [1.807, 2.05) is 30.0 Å². The molecule has 1 aromatic carbocycles. The van der Waals surface area contributed by atoms with Gasteiger partial charge in [-0.2, -0.15) is 11.8 Å². The second-order valence-corrected chi connectivity index (χ2v) is 7.26. The summed E-state index contributed by atoms with van der Waals surface area (Å²) in [4.78, 5) is 2.29. The van der Waals surface area contributed by atoms with Crippen molar-refractivity contribution in [1.82, 2.24) is 10.2 Å². The zero-order valence-electron chi connectivity index (χ0n) is 15.2. The number of methoxy groups -OCH3 is 2. The minimum absolute atomic E-state index is 0.269. The maximum atomic E-state index is 10.2. The summed E-state index contributed by atoms with van der Waals surface area (Å²) in [6.45, 7) is 5.24. The van der Waals surface area contributed by atoms with Crippen LogP contribution in [-0.4, -0.2) is 81.2 Å². The Kier molecular flexibility index (Phi) is 9.42. The lowest BCUT2D eigenvalue weighted by Crippen LogP contribution is -2.40. The van der Waals surface area contributed by atoms with Crippen molar-refractivity contribution in [2.24, 2.45) is 0 Å². The molecule has 1 fully saturated rings. The average Bonchev–Trinajstić information content (AvgIpc) is 2.64. The summed E-state index contributed by atoms with van der Waals surface area (Å²) in [5, 5.41) is 13.5. The van der Waals surface area contributed by atoms with Gasteiger partial charge in [-0.05, 0) is 17.7 Å². The van der Waals surface area contributed by atoms with Crippen molar-refractivity contribution in [3.05, 3.63) is 23.8 Å². The molecule has 1 saturated heterocycles. The van der Waals surface area contributed by atoms with Crippen LogP contribution in [0.2, 0.25) is 0 Å².